The highest BCUT2D eigenvalue weighted by Crippen LogP contribution is 2.40. The van der Waals surface area contributed by atoms with E-state index in [0.717, 1.165) is 0 Å². The topological polar surface area (TPSA) is 66.5 Å². The Labute approximate surface area is 81.6 Å². The number of anilines is 1. The summed E-state index contributed by atoms with van der Waals surface area (Å²) in [6, 6.07) is 3.32. The van der Waals surface area contributed by atoms with Crippen LogP contribution < -0.4 is 5.73 Å². The van der Waals surface area contributed by atoms with Gasteiger partial charge in [-0.3, -0.25) is 0 Å². The maximum Gasteiger partial charge on any atom is 0.181 e. The van der Waals surface area contributed by atoms with E-state index in [-0.39, 0.29) is 22.4 Å². The van der Waals surface area contributed by atoms with Crippen molar-refractivity contribution in [1.82, 2.24) is 0 Å². The second-order valence-corrected chi connectivity index (χ2v) is 4.00. The molecule has 4 heteroatoms. The first-order valence-corrected chi connectivity index (χ1v) is 5.19. The van der Waals surface area contributed by atoms with Crippen LogP contribution in [0.1, 0.15) is 17.7 Å². The van der Waals surface area contributed by atoms with Crippen LogP contribution >= 0.6 is 11.8 Å². The largest absolute Gasteiger partial charge is 0.504 e. The number of hydrogen-bond donors (Lipinski definition) is 3. The molecule has 1 aromatic rings. The Kier molecular flexibility index (Phi) is 2.93. The van der Waals surface area contributed by atoms with Crippen LogP contribution in [0.5, 0.6) is 11.5 Å². The van der Waals surface area contributed by atoms with Crippen molar-refractivity contribution in [3.05, 3.63) is 17.7 Å². The Morgan fingerprint density at radius 1 is 1.31 bits per heavy atom. The first-order chi connectivity index (χ1) is 6.07. The third-order valence-electron chi connectivity index (χ3n) is 2.01. The number of nitrogens with two attached hydrogens (primary N) is 1. The monoisotopic (exact) mass is 199 g/mol. The summed E-state index contributed by atoms with van der Waals surface area (Å²) in [5.41, 5.74) is 6.33. The van der Waals surface area contributed by atoms with Gasteiger partial charge in [0.25, 0.3) is 0 Å². The summed E-state index contributed by atoms with van der Waals surface area (Å²) in [6.07, 6.45) is 1.94. The number of nitrogen functional groups attached to an aromatic ring is 1. The molecule has 0 bridgehead atoms. The van der Waals surface area contributed by atoms with Gasteiger partial charge in [0.15, 0.2) is 11.5 Å². The predicted molar refractivity (Wildman–Crippen MR) is 56.1 cm³/mol. The fourth-order valence-electron chi connectivity index (χ4n) is 1.07. The number of phenols is 2. The molecule has 1 aromatic carbocycles. The van der Waals surface area contributed by atoms with E-state index in [1.54, 1.807) is 23.9 Å². The van der Waals surface area contributed by atoms with Crippen LogP contribution in [0.25, 0.3) is 0 Å². The summed E-state index contributed by atoms with van der Waals surface area (Å²) in [5, 5.41) is 19.0. The smallest absolute Gasteiger partial charge is 0.181 e. The quantitative estimate of drug-likeness (QED) is 0.504. The summed E-state index contributed by atoms with van der Waals surface area (Å²) in [6.45, 7) is 1.95. The van der Waals surface area contributed by atoms with Gasteiger partial charge in [-0.05, 0) is 19.2 Å². The molecule has 0 heterocycles. The molecule has 1 atom stereocenters. The van der Waals surface area contributed by atoms with Crippen LogP contribution in [0.4, 0.5) is 5.69 Å². The van der Waals surface area contributed by atoms with Gasteiger partial charge in [-0.2, -0.15) is 11.8 Å². The summed E-state index contributed by atoms with van der Waals surface area (Å²) < 4.78 is 0. The van der Waals surface area contributed by atoms with E-state index < -0.39 is 0 Å². The molecule has 0 spiro atoms. The number of benzene rings is 1. The van der Waals surface area contributed by atoms with Gasteiger partial charge in [0.05, 0.1) is 5.69 Å². The Hall–Kier alpha value is -1.03. The van der Waals surface area contributed by atoms with Crippen molar-refractivity contribution in [2.45, 2.75) is 12.2 Å². The van der Waals surface area contributed by atoms with Gasteiger partial charge in [0.1, 0.15) is 0 Å². The molecule has 1 rings (SSSR count). The molecule has 0 aliphatic carbocycles. The normalized spacial score (nSPS) is 12.8. The van der Waals surface area contributed by atoms with E-state index in [1.807, 2.05) is 13.2 Å². The molecule has 0 fully saturated rings. The summed E-state index contributed by atoms with van der Waals surface area (Å²) >= 11 is 1.59. The predicted octanol–water partition coefficient (Wildman–Crippen LogP) is 2.10. The van der Waals surface area contributed by atoms with E-state index in [2.05, 4.69) is 0 Å². The molecule has 0 aliphatic rings. The first-order valence-electron chi connectivity index (χ1n) is 3.91. The minimum Gasteiger partial charge on any atom is -0.504 e. The van der Waals surface area contributed by atoms with E-state index in [4.69, 9.17) is 5.73 Å². The van der Waals surface area contributed by atoms with Crippen LogP contribution in [0, 0.1) is 0 Å². The van der Waals surface area contributed by atoms with E-state index >= 15 is 0 Å². The van der Waals surface area contributed by atoms with Crippen molar-refractivity contribution in [2.24, 2.45) is 0 Å². The minimum atomic E-state index is -0.224. The van der Waals surface area contributed by atoms with Gasteiger partial charge < -0.3 is 15.9 Å². The molecular formula is C9H13NO2S. The van der Waals surface area contributed by atoms with Gasteiger partial charge in [-0.25, -0.2) is 0 Å². The van der Waals surface area contributed by atoms with Crippen molar-refractivity contribution >= 4 is 17.4 Å². The van der Waals surface area contributed by atoms with Crippen molar-refractivity contribution in [3.8, 4) is 11.5 Å². The van der Waals surface area contributed by atoms with Gasteiger partial charge in [-0.1, -0.05) is 6.07 Å². The SMILES string of the molecule is CSC(C)c1ccc(N)c(O)c1O. The van der Waals surface area contributed by atoms with Crippen molar-refractivity contribution < 1.29 is 10.2 Å². The zero-order valence-corrected chi connectivity index (χ0v) is 8.43. The van der Waals surface area contributed by atoms with Gasteiger partial charge in [-0.15, -0.1) is 0 Å². The lowest BCUT2D eigenvalue weighted by molar-refractivity contribution is 0.401. The standard InChI is InChI=1S/C9H13NO2S/c1-5(13-2)6-3-4-7(10)9(12)8(6)11/h3-5,11-12H,10H2,1-2H3. The maximum atomic E-state index is 9.54. The molecule has 13 heavy (non-hydrogen) atoms. The number of aromatic hydroxyl groups is 2. The Morgan fingerprint density at radius 3 is 2.46 bits per heavy atom. The lowest BCUT2D eigenvalue weighted by atomic mass is 10.1. The lowest BCUT2D eigenvalue weighted by Gasteiger charge is -2.12. The molecule has 72 valence electrons. The van der Waals surface area contributed by atoms with Crippen LogP contribution in [0.2, 0.25) is 0 Å². The van der Waals surface area contributed by atoms with Crippen molar-refractivity contribution in [3.63, 3.8) is 0 Å². The molecule has 0 aliphatic heterocycles. The number of thioether (sulfide) groups is 1. The first kappa shape index (κ1) is 10.1. The summed E-state index contributed by atoms with van der Waals surface area (Å²) in [4.78, 5) is 0. The van der Waals surface area contributed by atoms with Gasteiger partial charge in [0.2, 0.25) is 0 Å². The van der Waals surface area contributed by atoms with Gasteiger partial charge >= 0.3 is 0 Å². The minimum absolute atomic E-state index is 0.109. The highest BCUT2D eigenvalue weighted by Gasteiger charge is 2.13. The fourth-order valence-corrected chi connectivity index (χ4v) is 1.51. The Balaban J connectivity index is 3.18. The number of hydrogen-bond acceptors (Lipinski definition) is 4. The van der Waals surface area contributed by atoms with Crippen LogP contribution in [0.3, 0.4) is 0 Å². The fraction of sp³-hybridized carbons (Fsp3) is 0.333. The molecule has 0 amide bonds. The van der Waals surface area contributed by atoms with Crippen molar-refractivity contribution in [2.75, 3.05) is 12.0 Å². The average molecular weight is 199 g/mol. The highest BCUT2D eigenvalue weighted by atomic mass is 32.2. The maximum absolute atomic E-state index is 9.54. The summed E-state index contributed by atoms with van der Waals surface area (Å²) in [7, 11) is 0. The molecule has 4 N–H and O–H groups in total. The van der Waals surface area contributed by atoms with Crippen LogP contribution in [0.15, 0.2) is 12.1 Å². The third-order valence-corrected chi connectivity index (χ3v) is 2.97. The zero-order chi connectivity index (χ0) is 10.0. The van der Waals surface area contributed by atoms with Crippen LogP contribution in [-0.4, -0.2) is 16.5 Å². The Morgan fingerprint density at radius 2 is 1.92 bits per heavy atom. The lowest BCUT2D eigenvalue weighted by Crippen LogP contribution is -1.92. The number of rotatable bonds is 2. The molecule has 0 saturated heterocycles. The van der Waals surface area contributed by atoms with Crippen LogP contribution in [-0.2, 0) is 0 Å². The van der Waals surface area contributed by atoms with Crippen molar-refractivity contribution in [1.29, 1.82) is 0 Å². The number of phenolic OH excluding ortho intramolecular Hbond substituents is 2. The molecule has 0 saturated carbocycles. The molecule has 3 nitrogen and oxygen atoms in total. The van der Waals surface area contributed by atoms with Gasteiger partial charge in [0, 0.05) is 10.8 Å². The average Bonchev–Trinajstić information content (AvgIpc) is 2.13. The second kappa shape index (κ2) is 3.79. The zero-order valence-electron chi connectivity index (χ0n) is 7.61. The van der Waals surface area contributed by atoms with E-state index in [9.17, 15) is 10.2 Å². The van der Waals surface area contributed by atoms with E-state index in [0.29, 0.717) is 5.56 Å². The molecular weight excluding hydrogens is 186 g/mol. The molecule has 0 radical (unpaired) electrons. The summed E-state index contributed by atoms with van der Waals surface area (Å²) in [5.74, 6) is -0.333. The third kappa shape index (κ3) is 1.83. The molecule has 0 aromatic heterocycles. The van der Waals surface area contributed by atoms with E-state index in [1.165, 1.54) is 0 Å². The Bertz CT molecular complexity index is 315. The molecule has 1 unspecified atom stereocenters. The highest BCUT2D eigenvalue weighted by molar-refractivity contribution is 7.98. The second-order valence-electron chi connectivity index (χ2n) is 2.82.